The van der Waals surface area contributed by atoms with Gasteiger partial charge in [0.1, 0.15) is 0 Å². The van der Waals surface area contributed by atoms with Crippen molar-refractivity contribution in [3.05, 3.63) is 120 Å². The molecule has 5 N–H and O–H groups in total. The van der Waals surface area contributed by atoms with Gasteiger partial charge in [0.05, 0.1) is 40.4 Å². The van der Waals surface area contributed by atoms with Crippen molar-refractivity contribution in [2.75, 3.05) is 10.6 Å². The summed E-state index contributed by atoms with van der Waals surface area (Å²) in [5.74, 6) is -2.03. The summed E-state index contributed by atoms with van der Waals surface area (Å²) in [6, 6.07) is 21.5. The van der Waals surface area contributed by atoms with Gasteiger partial charge < -0.3 is 25.8 Å². The van der Waals surface area contributed by atoms with Gasteiger partial charge in [0.25, 0.3) is 0 Å². The first-order valence-electron chi connectivity index (χ1n) is 12.9. The molecule has 0 saturated carbocycles. The number of pyridine rings is 2. The lowest BCUT2D eigenvalue weighted by molar-refractivity contribution is 0.0687. The van der Waals surface area contributed by atoms with Crippen LogP contribution in [0.5, 0.6) is 0 Å². The van der Waals surface area contributed by atoms with Crippen molar-refractivity contribution in [3.8, 4) is 11.1 Å². The van der Waals surface area contributed by atoms with Crippen LogP contribution in [0.2, 0.25) is 0 Å². The summed E-state index contributed by atoms with van der Waals surface area (Å²) < 4.78 is 0. The van der Waals surface area contributed by atoms with Crippen molar-refractivity contribution < 1.29 is 19.8 Å². The Balaban J connectivity index is 1.34. The minimum Gasteiger partial charge on any atom is -0.478 e. The number of aromatic amines is 1. The highest BCUT2D eigenvalue weighted by Crippen LogP contribution is 2.32. The Hall–Kier alpha value is -5.70. The number of nitrogens with zero attached hydrogens (tertiary/aromatic N) is 2. The number of hydrogen-bond donors (Lipinski definition) is 5. The Labute approximate surface area is 234 Å². The number of hydrogen-bond acceptors (Lipinski definition) is 6. The summed E-state index contributed by atoms with van der Waals surface area (Å²) in [6.45, 7) is 0.826. The second-order valence-electron chi connectivity index (χ2n) is 9.59. The normalized spacial score (nSPS) is 11.0. The Bertz CT molecular complexity index is 1930. The van der Waals surface area contributed by atoms with Crippen molar-refractivity contribution in [1.29, 1.82) is 0 Å². The minimum atomic E-state index is -1.02. The van der Waals surface area contributed by atoms with Crippen LogP contribution in [0, 0.1) is 0 Å². The summed E-state index contributed by atoms with van der Waals surface area (Å²) in [6.07, 6.45) is 7.85. The Morgan fingerprint density at radius 2 is 1.39 bits per heavy atom. The topological polar surface area (TPSA) is 140 Å². The number of aromatic carboxylic acids is 2. The van der Waals surface area contributed by atoms with Crippen LogP contribution >= 0.6 is 0 Å². The number of rotatable bonds is 9. The fourth-order valence-electron chi connectivity index (χ4n) is 5.05. The smallest absolute Gasteiger partial charge is 0.337 e. The van der Waals surface area contributed by atoms with Crippen LogP contribution in [-0.2, 0) is 13.1 Å². The largest absolute Gasteiger partial charge is 0.478 e. The number of carboxylic acid groups (broad SMARTS) is 2. The average molecular weight is 544 g/mol. The molecule has 0 aliphatic carbocycles. The molecule has 0 aliphatic heterocycles. The highest BCUT2D eigenvalue weighted by molar-refractivity contribution is 5.96. The van der Waals surface area contributed by atoms with E-state index in [0.717, 1.165) is 43.9 Å². The van der Waals surface area contributed by atoms with Crippen molar-refractivity contribution in [3.63, 3.8) is 0 Å². The van der Waals surface area contributed by atoms with Gasteiger partial charge in [-0.3, -0.25) is 9.97 Å². The molecule has 9 heteroatoms. The number of carboxylic acids is 2. The molecule has 0 atom stereocenters. The molecule has 9 nitrogen and oxygen atoms in total. The standard InChI is InChI=1S/C32H25N5O4/c38-31(39)25-7-9-33-17-28(25)36-15-22-3-1-2-19-4-5-20(14-27(19)22)23-12-21-6-11-35-30(21)24(13-23)16-37-29-18-34-10-8-26(29)32(40)41/h1-14,17-18,35-37H,15-16H2,(H,38,39)(H,40,41). The average Bonchev–Trinajstić information content (AvgIpc) is 3.48. The molecule has 0 saturated heterocycles. The molecular weight excluding hydrogens is 518 g/mol. The van der Waals surface area contributed by atoms with E-state index in [-0.39, 0.29) is 11.1 Å². The second kappa shape index (κ2) is 10.8. The maximum atomic E-state index is 11.6. The number of anilines is 2. The summed E-state index contributed by atoms with van der Waals surface area (Å²) in [4.78, 5) is 34.7. The van der Waals surface area contributed by atoms with E-state index in [1.165, 1.54) is 36.9 Å². The van der Waals surface area contributed by atoms with Crippen LogP contribution in [0.4, 0.5) is 11.4 Å². The number of carbonyl (C=O) groups is 2. The van der Waals surface area contributed by atoms with Crippen molar-refractivity contribution in [1.82, 2.24) is 15.0 Å². The molecule has 0 fully saturated rings. The van der Waals surface area contributed by atoms with Crippen LogP contribution in [0.15, 0.2) is 97.7 Å². The van der Waals surface area contributed by atoms with E-state index < -0.39 is 11.9 Å². The lowest BCUT2D eigenvalue weighted by atomic mass is 9.96. The Morgan fingerprint density at radius 3 is 2.07 bits per heavy atom. The molecule has 41 heavy (non-hydrogen) atoms. The zero-order valence-electron chi connectivity index (χ0n) is 21.8. The van der Waals surface area contributed by atoms with Gasteiger partial charge in [-0.05, 0) is 69.4 Å². The molecule has 6 aromatic rings. The Morgan fingerprint density at radius 1 is 0.707 bits per heavy atom. The monoisotopic (exact) mass is 543 g/mol. The van der Waals surface area contributed by atoms with E-state index in [1.807, 2.05) is 30.5 Å². The first kappa shape index (κ1) is 25.6. The molecule has 0 bridgehead atoms. The van der Waals surface area contributed by atoms with Crippen molar-refractivity contribution >= 4 is 45.0 Å². The summed E-state index contributed by atoms with van der Waals surface area (Å²) in [7, 11) is 0. The molecule has 3 heterocycles. The first-order valence-corrected chi connectivity index (χ1v) is 12.9. The van der Waals surface area contributed by atoms with E-state index in [0.29, 0.717) is 24.5 Å². The molecule has 0 aliphatic rings. The molecule has 6 rings (SSSR count). The number of H-pyrrole nitrogens is 1. The van der Waals surface area contributed by atoms with Crippen LogP contribution in [-0.4, -0.2) is 37.1 Å². The molecule has 3 aromatic carbocycles. The quantitative estimate of drug-likeness (QED) is 0.141. The van der Waals surface area contributed by atoms with Crippen LogP contribution in [0.25, 0.3) is 32.8 Å². The maximum Gasteiger partial charge on any atom is 0.337 e. The summed E-state index contributed by atoms with van der Waals surface area (Å²) >= 11 is 0. The third-order valence-corrected chi connectivity index (χ3v) is 7.09. The van der Waals surface area contributed by atoms with E-state index in [1.54, 1.807) is 0 Å². The number of fused-ring (bicyclic) bond motifs is 2. The van der Waals surface area contributed by atoms with Crippen LogP contribution < -0.4 is 10.6 Å². The predicted octanol–water partition coefficient (Wildman–Crippen LogP) is 6.40. The summed E-state index contributed by atoms with van der Waals surface area (Å²) in [5.41, 5.74) is 6.26. The third kappa shape index (κ3) is 5.16. The number of aromatic nitrogens is 3. The molecular formula is C32H25N5O4. The molecule has 202 valence electrons. The van der Waals surface area contributed by atoms with E-state index >= 15 is 0 Å². The van der Waals surface area contributed by atoms with Gasteiger partial charge >= 0.3 is 11.9 Å². The van der Waals surface area contributed by atoms with E-state index in [4.69, 9.17) is 0 Å². The molecule has 0 radical (unpaired) electrons. The molecule has 0 unspecified atom stereocenters. The van der Waals surface area contributed by atoms with Gasteiger partial charge in [-0.15, -0.1) is 0 Å². The lowest BCUT2D eigenvalue weighted by Gasteiger charge is -2.14. The maximum absolute atomic E-state index is 11.6. The van der Waals surface area contributed by atoms with E-state index in [2.05, 4.69) is 55.9 Å². The highest BCUT2D eigenvalue weighted by Gasteiger charge is 2.13. The molecule has 3 aromatic heterocycles. The zero-order chi connectivity index (χ0) is 28.3. The SMILES string of the molecule is O=C(O)c1ccncc1NCc1cccc2ccc(-c3cc(CNc4cnccc4C(=O)O)c4[nH]ccc4c3)cc12. The fourth-order valence-corrected chi connectivity index (χ4v) is 5.05. The summed E-state index contributed by atoms with van der Waals surface area (Å²) in [5, 5.41) is 28.7. The van der Waals surface area contributed by atoms with Gasteiger partial charge in [-0.2, -0.15) is 0 Å². The molecule has 0 amide bonds. The van der Waals surface area contributed by atoms with Gasteiger partial charge in [0.2, 0.25) is 0 Å². The first-order chi connectivity index (χ1) is 20.0. The number of nitrogens with one attached hydrogen (secondary N) is 3. The lowest BCUT2D eigenvalue weighted by Crippen LogP contribution is -2.07. The van der Waals surface area contributed by atoms with Gasteiger partial charge in [0.15, 0.2) is 0 Å². The predicted molar refractivity (Wildman–Crippen MR) is 158 cm³/mol. The second-order valence-corrected chi connectivity index (χ2v) is 9.59. The minimum absolute atomic E-state index is 0.163. The van der Waals surface area contributed by atoms with Gasteiger partial charge in [0, 0.05) is 37.1 Å². The zero-order valence-corrected chi connectivity index (χ0v) is 21.8. The van der Waals surface area contributed by atoms with Gasteiger partial charge in [-0.1, -0.05) is 30.3 Å². The van der Waals surface area contributed by atoms with Crippen LogP contribution in [0.3, 0.4) is 0 Å². The molecule has 0 spiro atoms. The third-order valence-electron chi connectivity index (χ3n) is 7.09. The van der Waals surface area contributed by atoms with Crippen LogP contribution in [0.1, 0.15) is 31.8 Å². The number of benzene rings is 3. The van der Waals surface area contributed by atoms with Gasteiger partial charge in [-0.25, -0.2) is 9.59 Å². The van der Waals surface area contributed by atoms with E-state index in [9.17, 15) is 19.8 Å². The fraction of sp³-hybridized carbons (Fsp3) is 0.0625. The van der Waals surface area contributed by atoms with Crippen molar-refractivity contribution in [2.24, 2.45) is 0 Å². The highest BCUT2D eigenvalue weighted by atomic mass is 16.4. The Kier molecular flexibility index (Phi) is 6.75. The van der Waals surface area contributed by atoms with Crippen molar-refractivity contribution in [2.45, 2.75) is 13.1 Å².